The van der Waals surface area contributed by atoms with Crippen LogP contribution in [-0.4, -0.2) is 19.1 Å². The Bertz CT molecular complexity index is 684. The van der Waals surface area contributed by atoms with E-state index >= 15 is 0 Å². The number of rotatable bonds is 2. The van der Waals surface area contributed by atoms with Crippen LogP contribution in [0.5, 0.6) is 0 Å². The number of nitrogens with two attached hydrogens (primary N) is 1. The first-order chi connectivity index (χ1) is 10.8. The molecule has 0 aliphatic carbocycles. The van der Waals surface area contributed by atoms with Crippen molar-refractivity contribution in [2.75, 3.05) is 6.67 Å². The predicted octanol–water partition coefficient (Wildman–Crippen LogP) is 1.96. The van der Waals surface area contributed by atoms with Gasteiger partial charge in [-0.05, 0) is 5.56 Å². The van der Waals surface area contributed by atoms with Crippen molar-refractivity contribution in [2.45, 2.75) is 12.4 Å². The maximum Gasteiger partial charge on any atom is 0.161 e. The highest BCUT2D eigenvalue weighted by Gasteiger charge is 2.43. The summed E-state index contributed by atoms with van der Waals surface area (Å²) in [7, 11) is 0. The molecule has 4 N–H and O–H groups in total. The van der Waals surface area contributed by atoms with E-state index in [-0.39, 0.29) is 18.3 Å². The zero-order valence-corrected chi connectivity index (χ0v) is 12.2. The van der Waals surface area contributed by atoms with Gasteiger partial charge in [-0.2, -0.15) is 0 Å². The van der Waals surface area contributed by atoms with Gasteiger partial charge in [0.2, 0.25) is 0 Å². The molecule has 112 valence electrons. The molecule has 4 rings (SSSR count). The molecule has 0 spiro atoms. The fourth-order valence-electron chi connectivity index (χ4n) is 3.26. The van der Waals surface area contributed by atoms with Crippen LogP contribution in [-0.2, 0) is 4.74 Å². The first-order valence-electron chi connectivity index (χ1n) is 7.58. The Balaban J connectivity index is 1.87. The minimum atomic E-state index is -0.123. The summed E-state index contributed by atoms with van der Waals surface area (Å²) in [5.41, 5.74) is 9.74. The van der Waals surface area contributed by atoms with E-state index in [1.165, 1.54) is 5.57 Å². The fourth-order valence-corrected chi connectivity index (χ4v) is 3.26. The quantitative estimate of drug-likeness (QED) is 0.792. The summed E-state index contributed by atoms with van der Waals surface area (Å²) in [6.45, 7) is 0.659. The number of benzene rings is 2. The Kier molecular flexibility index (Phi) is 3.42. The molecule has 4 nitrogen and oxygen atoms in total. The van der Waals surface area contributed by atoms with Crippen LogP contribution in [0.2, 0.25) is 0 Å². The Morgan fingerprint density at radius 1 is 0.864 bits per heavy atom. The second kappa shape index (κ2) is 5.57. The van der Waals surface area contributed by atoms with Crippen LogP contribution in [0.1, 0.15) is 11.1 Å². The molecule has 0 aromatic heterocycles. The second-order valence-electron chi connectivity index (χ2n) is 5.65. The largest absolute Gasteiger partial charge is 0.474 e. The Labute approximate surface area is 130 Å². The highest BCUT2D eigenvalue weighted by Crippen LogP contribution is 2.43. The van der Waals surface area contributed by atoms with Gasteiger partial charge in [-0.15, -0.1) is 0 Å². The van der Waals surface area contributed by atoms with Crippen molar-refractivity contribution < 1.29 is 4.74 Å². The first kappa shape index (κ1) is 13.5. The summed E-state index contributed by atoms with van der Waals surface area (Å²) in [6.07, 6.45) is -0.204. The lowest BCUT2D eigenvalue weighted by atomic mass is 9.87. The van der Waals surface area contributed by atoms with Gasteiger partial charge in [0.05, 0.1) is 12.1 Å². The van der Waals surface area contributed by atoms with E-state index in [0.717, 1.165) is 16.9 Å². The van der Waals surface area contributed by atoms with Crippen LogP contribution < -0.4 is 16.4 Å². The smallest absolute Gasteiger partial charge is 0.161 e. The molecular formula is C18H19N3O. The zero-order valence-electron chi connectivity index (χ0n) is 12.2. The molecule has 2 aromatic rings. The van der Waals surface area contributed by atoms with Crippen molar-refractivity contribution in [3.63, 3.8) is 0 Å². The molecule has 0 saturated carbocycles. The van der Waals surface area contributed by atoms with Crippen molar-refractivity contribution in [3.05, 3.63) is 71.8 Å². The van der Waals surface area contributed by atoms with E-state index in [1.807, 2.05) is 36.4 Å². The predicted molar refractivity (Wildman–Crippen MR) is 87.2 cm³/mol. The maximum absolute atomic E-state index is 6.32. The molecule has 3 atom stereocenters. The van der Waals surface area contributed by atoms with Gasteiger partial charge in [0.25, 0.3) is 0 Å². The van der Waals surface area contributed by atoms with E-state index in [4.69, 9.17) is 10.5 Å². The molecule has 0 radical (unpaired) electrons. The summed E-state index contributed by atoms with van der Waals surface area (Å²) < 4.78 is 6.24. The molecule has 0 bridgehead atoms. The molecule has 22 heavy (non-hydrogen) atoms. The number of nitrogens with one attached hydrogen (secondary N) is 2. The maximum atomic E-state index is 6.32. The minimum absolute atomic E-state index is 0.0818. The first-order valence-corrected chi connectivity index (χ1v) is 7.58. The van der Waals surface area contributed by atoms with Crippen molar-refractivity contribution >= 4 is 11.3 Å². The molecule has 2 aliphatic rings. The molecule has 4 heteroatoms. The molecule has 1 fully saturated rings. The van der Waals surface area contributed by atoms with Crippen LogP contribution >= 0.6 is 0 Å². The summed E-state index contributed by atoms with van der Waals surface area (Å²) >= 11 is 0. The zero-order chi connectivity index (χ0) is 14.9. The Morgan fingerprint density at radius 2 is 1.50 bits per heavy atom. The van der Waals surface area contributed by atoms with Gasteiger partial charge in [0.1, 0.15) is 5.76 Å². The number of fused-ring (bicyclic) bond motifs is 1. The lowest BCUT2D eigenvalue weighted by Gasteiger charge is -2.33. The van der Waals surface area contributed by atoms with Crippen LogP contribution in [0, 0.1) is 5.92 Å². The molecule has 1 saturated heterocycles. The summed E-state index contributed by atoms with van der Waals surface area (Å²) in [5.74, 6) is 1.01. The van der Waals surface area contributed by atoms with E-state index in [2.05, 4.69) is 34.9 Å². The number of hydrogen-bond acceptors (Lipinski definition) is 4. The van der Waals surface area contributed by atoms with Crippen LogP contribution in [0.25, 0.3) is 11.3 Å². The van der Waals surface area contributed by atoms with Gasteiger partial charge in [-0.25, -0.2) is 0 Å². The lowest BCUT2D eigenvalue weighted by molar-refractivity contribution is 0.0726. The van der Waals surface area contributed by atoms with Gasteiger partial charge in [0.15, 0.2) is 6.23 Å². The third-order valence-electron chi connectivity index (χ3n) is 4.30. The molecule has 2 aliphatic heterocycles. The van der Waals surface area contributed by atoms with Gasteiger partial charge >= 0.3 is 0 Å². The van der Waals surface area contributed by atoms with E-state index < -0.39 is 0 Å². The monoisotopic (exact) mass is 293 g/mol. The van der Waals surface area contributed by atoms with Crippen molar-refractivity contribution in [1.29, 1.82) is 0 Å². The molecular weight excluding hydrogens is 274 g/mol. The van der Waals surface area contributed by atoms with Gasteiger partial charge in [-0.3, -0.25) is 10.6 Å². The standard InChI is InChI=1S/C18H19N3O/c19-17-15-14(12-7-3-1-4-8-12)16(13-9-5-2-6-10-13)22-18(15)21-11-20-17/h1-10,15,17-18,20-21H,11,19H2. The van der Waals surface area contributed by atoms with Crippen molar-refractivity contribution in [3.8, 4) is 0 Å². The van der Waals surface area contributed by atoms with Crippen LogP contribution in [0.15, 0.2) is 60.7 Å². The minimum Gasteiger partial charge on any atom is -0.474 e. The van der Waals surface area contributed by atoms with Crippen molar-refractivity contribution in [2.24, 2.45) is 11.7 Å². The van der Waals surface area contributed by atoms with Gasteiger partial charge in [-0.1, -0.05) is 60.7 Å². The number of hydrogen-bond donors (Lipinski definition) is 3. The van der Waals surface area contributed by atoms with Crippen LogP contribution in [0.4, 0.5) is 0 Å². The van der Waals surface area contributed by atoms with Crippen LogP contribution in [0.3, 0.4) is 0 Å². The third-order valence-corrected chi connectivity index (χ3v) is 4.30. The Morgan fingerprint density at radius 3 is 2.18 bits per heavy atom. The third kappa shape index (κ3) is 2.22. The molecule has 2 aromatic carbocycles. The highest BCUT2D eigenvalue weighted by molar-refractivity contribution is 5.91. The van der Waals surface area contributed by atoms with Gasteiger partial charge < -0.3 is 10.5 Å². The lowest BCUT2D eigenvalue weighted by Crippen LogP contribution is -2.60. The van der Waals surface area contributed by atoms with Gasteiger partial charge in [0, 0.05) is 17.8 Å². The highest BCUT2D eigenvalue weighted by atomic mass is 16.5. The van der Waals surface area contributed by atoms with E-state index in [0.29, 0.717) is 6.67 Å². The summed E-state index contributed by atoms with van der Waals surface area (Å²) in [5, 5.41) is 6.63. The SMILES string of the molecule is NC1NCNC2OC(c3ccccc3)=C(c3ccccc3)C12. The fraction of sp³-hybridized carbons (Fsp3) is 0.222. The van der Waals surface area contributed by atoms with E-state index in [9.17, 15) is 0 Å². The summed E-state index contributed by atoms with van der Waals surface area (Å²) in [4.78, 5) is 0. The molecule has 0 amide bonds. The van der Waals surface area contributed by atoms with Crippen molar-refractivity contribution in [1.82, 2.24) is 10.6 Å². The number of ether oxygens (including phenoxy) is 1. The topological polar surface area (TPSA) is 59.3 Å². The molecule has 3 unspecified atom stereocenters. The second-order valence-corrected chi connectivity index (χ2v) is 5.65. The average Bonchev–Trinajstić information content (AvgIpc) is 2.97. The Hall–Kier alpha value is -2.14. The average molecular weight is 293 g/mol. The van der Waals surface area contributed by atoms with E-state index in [1.54, 1.807) is 0 Å². The normalized spacial score (nSPS) is 27.4. The summed E-state index contributed by atoms with van der Waals surface area (Å²) in [6, 6.07) is 20.6. The molecule has 2 heterocycles.